The lowest BCUT2D eigenvalue weighted by molar-refractivity contribution is 0.0703. The van der Waals surface area contributed by atoms with Crippen LogP contribution in [0.3, 0.4) is 0 Å². The normalized spacial score (nSPS) is 19.0. The number of carbonyl (C=O) groups is 1. The Morgan fingerprint density at radius 1 is 1.45 bits per heavy atom. The van der Waals surface area contributed by atoms with E-state index < -0.39 is 9.84 Å². The molecule has 1 aliphatic rings. The summed E-state index contributed by atoms with van der Waals surface area (Å²) in [6, 6.07) is 6.45. The number of likely N-dealkylation sites (N-methyl/N-ethyl adjacent to an activating group) is 1. The molecule has 1 unspecified atom stereocenters. The van der Waals surface area contributed by atoms with Gasteiger partial charge in [-0.05, 0) is 38.1 Å². The topological polar surface area (TPSA) is 66.5 Å². The maximum Gasteiger partial charge on any atom is 0.254 e. The Labute approximate surface area is 119 Å². The number of hydrogen-bond acceptors (Lipinski definition) is 4. The van der Waals surface area contributed by atoms with Crippen LogP contribution in [0.4, 0.5) is 0 Å². The van der Waals surface area contributed by atoms with Crippen LogP contribution in [-0.2, 0) is 9.84 Å². The Morgan fingerprint density at radius 2 is 2.20 bits per heavy atom. The molecule has 1 fully saturated rings. The highest BCUT2D eigenvalue weighted by Gasteiger charge is 2.26. The van der Waals surface area contributed by atoms with E-state index in [4.69, 9.17) is 0 Å². The summed E-state index contributed by atoms with van der Waals surface area (Å²) in [5.74, 6) is -0.105. The number of nitrogens with zero attached hydrogens (tertiary/aromatic N) is 1. The van der Waals surface area contributed by atoms with Crippen LogP contribution < -0.4 is 5.32 Å². The summed E-state index contributed by atoms with van der Waals surface area (Å²) >= 11 is 0. The predicted octanol–water partition coefficient (Wildman–Crippen LogP) is 0.914. The van der Waals surface area contributed by atoms with Gasteiger partial charge in [-0.3, -0.25) is 4.79 Å². The van der Waals surface area contributed by atoms with Gasteiger partial charge in [0.05, 0.1) is 4.90 Å². The molecule has 0 aliphatic carbocycles. The first kappa shape index (κ1) is 15.0. The molecule has 110 valence electrons. The molecule has 0 bridgehead atoms. The number of amides is 1. The first-order chi connectivity index (χ1) is 9.43. The lowest BCUT2D eigenvalue weighted by Crippen LogP contribution is -2.41. The SMILES string of the molecule is CCN(C(=O)c1cccc(S(C)(=O)=O)c1)C1CCNC1. The molecule has 6 heteroatoms. The van der Waals surface area contributed by atoms with Crippen LogP contribution >= 0.6 is 0 Å². The molecule has 0 spiro atoms. The molecule has 0 saturated carbocycles. The maximum atomic E-state index is 12.5. The average Bonchev–Trinajstić information content (AvgIpc) is 2.92. The molecule has 0 aromatic heterocycles. The number of hydrogen-bond donors (Lipinski definition) is 1. The fraction of sp³-hybridized carbons (Fsp3) is 0.500. The molecule has 5 nitrogen and oxygen atoms in total. The van der Waals surface area contributed by atoms with E-state index in [1.54, 1.807) is 17.0 Å². The summed E-state index contributed by atoms with van der Waals surface area (Å²) < 4.78 is 23.1. The van der Waals surface area contributed by atoms with Crippen molar-refractivity contribution in [2.75, 3.05) is 25.9 Å². The number of rotatable bonds is 4. The van der Waals surface area contributed by atoms with Crippen molar-refractivity contribution >= 4 is 15.7 Å². The first-order valence-corrected chi connectivity index (χ1v) is 8.64. The van der Waals surface area contributed by atoms with Crippen LogP contribution in [0, 0.1) is 0 Å². The number of sulfone groups is 1. The lowest BCUT2D eigenvalue weighted by atomic mass is 10.1. The van der Waals surface area contributed by atoms with Gasteiger partial charge in [-0.25, -0.2) is 8.42 Å². The van der Waals surface area contributed by atoms with Crippen LogP contribution in [-0.4, -0.2) is 51.2 Å². The molecule has 1 amide bonds. The first-order valence-electron chi connectivity index (χ1n) is 6.75. The van der Waals surface area contributed by atoms with Crippen molar-refractivity contribution in [3.05, 3.63) is 29.8 Å². The smallest absolute Gasteiger partial charge is 0.254 e. The van der Waals surface area contributed by atoms with E-state index in [1.165, 1.54) is 12.1 Å². The molecule has 1 heterocycles. The van der Waals surface area contributed by atoms with Crippen molar-refractivity contribution < 1.29 is 13.2 Å². The average molecular weight is 296 g/mol. The van der Waals surface area contributed by atoms with Crippen molar-refractivity contribution in [3.8, 4) is 0 Å². The van der Waals surface area contributed by atoms with Crippen LogP contribution in [0.5, 0.6) is 0 Å². The van der Waals surface area contributed by atoms with E-state index in [2.05, 4.69) is 5.32 Å². The van der Waals surface area contributed by atoms with Gasteiger partial charge in [0, 0.05) is 31.0 Å². The molecular weight excluding hydrogens is 276 g/mol. The molecule has 0 radical (unpaired) electrons. The highest BCUT2D eigenvalue weighted by atomic mass is 32.2. The summed E-state index contributed by atoms with van der Waals surface area (Å²) in [5.41, 5.74) is 0.432. The van der Waals surface area contributed by atoms with Gasteiger partial charge in [0.15, 0.2) is 9.84 Å². The highest BCUT2D eigenvalue weighted by Crippen LogP contribution is 2.16. The van der Waals surface area contributed by atoms with Gasteiger partial charge in [-0.2, -0.15) is 0 Å². The van der Waals surface area contributed by atoms with Crippen molar-refractivity contribution in [1.29, 1.82) is 0 Å². The second-order valence-corrected chi connectivity index (χ2v) is 7.05. The van der Waals surface area contributed by atoms with E-state index in [-0.39, 0.29) is 16.8 Å². The number of carbonyl (C=O) groups excluding carboxylic acids is 1. The van der Waals surface area contributed by atoms with Gasteiger partial charge in [0.25, 0.3) is 5.91 Å². The zero-order valence-electron chi connectivity index (χ0n) is 11.8. The van der Waals surface area contributed by atoms with Crippen molar-refractivity contribution in [2.24, 2.45) is 0 Å². The summed E-state index contributed by atoms with van der Waals surface area (Å²) in [7, 11) is -3.29. The molecule has 20 heavy (non-hydrogen) atoms. The molecule has 1 aromatic rings. The van der Waals surface area contributed by atoms with Crippen LogP contribution in [0.25, 0.3) is 0 Å². The standard InChI is InChI=1S/C14H20N2O3S/c1-3-16(12-7-8-15-10-12)14(17)11-5-4-6-13(9-11)20(2,18)19/h4-6,9,12,15H,3,7-8,10H2,1-2H3. The van der Waals surface area contributed by atoms with Gasteiger partial charge in [-0.1, -0.05) is 6.07 Å². The zero-order valence-corrected chi connectivity index (χ0v) is 12.6. The second kappa shape index (κ2) is 5.93. The monoisotopic (exact) mass is 296 g/mol. The fourth-order valence-corrected chi connectivity index (χ4v) is 3.17. The van der Waals surface area contributed by atoms with Crippen molar-refractivity contribution in [2.45, 2.75) is 24.3 Å². The molecule has 1 aliphatic heterocycles. The summed E-state index contributed by atoms with van der Waals surface area (Å²) in [6.45, 7) is 4.27. The van der Waals surface area contributed by atoms with E-state index in [9.17, 15) is 13.2 Å². The number of nitrogens with one attached hydrogen (secondary N) is 1. The third-order valence-corrected chi connectivity index (χ3v) is 4.70. The van der Waals surface area contributed by atoms with Gasteiger partial charge in [0.2, 0.25) is 0 Å². The molecular formula is C14H20N2O3S. The Hall–Kier alpha value is -1.40. The molecule has 1 saturated heterocycles. The zero-order chi connectivity index (χ0) is 14.8. The van der Waals surface area contributed by atoms with Gasteiger partial charge >= 0.3 is 0 Å². The largest absolute Gasteiger partial charge is 0.335 e. The Kier molecular flexibility index (Phi) is 4.45. The predicted molar refractivity (Wildman–Crippen MR) is 77.5 cm³/mol. The van der Waals surface area contributed by atoms with E-state index >= 15 is 0 Å². The molecule has 1 atom stereocenters. The van der Waals surface area contributed by atoms with Crippen LogP contribution in [0.1, 0.15) is 23.7 Å². The van der Waals surface area contributed by atoms with Crippen molar-refractivity contribution in [1.82, 2.24) is 10.2 Å². The quantitative estimate of drug-likeness (QED) is 0.897. The summed E-state index contributed by atoms with van der Waals surface area (Å²) in [5, 5.41) is 3.24. The Bertz CT molecular complexity index is 592. The number of benzene rings is 1. The highest BCUT2D eigenvalue weighted by molar-refractivity contribution is 7.90. The molecule has 2 rings (SSSR count). The lowest BCUT2D eigenvalue weighted by Gasteiger charge is -2.27. The molecule has 1 aromatic carbocycles. The van der Waals surface area contributed by atoms with Gasteiger partial charge in [0.1, 0.15) is 0 Å². The van der Waals surface area contributed by atoms with Crippen LogP contribution in [0.15, 0.2) is 29.2 Å². The van der Waals surface area contributed by atoms with E-state index in [0.29, 0.717) is 12.1 Å². The Morgan fingerprint density at radius 3 is 2.75 bits per heavy atom. The van der Waals surface area contributed by atoms with E-state index in [0.717, 1.165) is 25.8 Å². The second-order valence-electron chi connectivity index (χ2n) is 5.04. The van der Waals surface area contributed by atoms with Crippen LogP contribution in [0.2, 0.25) is 0 Å². The maximum absolute atomic E-state index is 12.5. The summed E-state index contributed by atoms with van der Waals surface area (Å²) in [4.78, 5) is 14.5. The third-order valence-electron chi connectivity index (χ3n) is 3.59. The van der Waals surface area contributed by atoms with Gasteiger partial charge < -0.3 is 10.2 Å². The third kappa shape index (κ3) is 3.19. The molecule has 1 N–H and O–H groups in total. The minimum Gasteiger partial charge on any atom is -0.335 e. The van der Waals surface area contributed by atoms with Crippen molar-refractivity contribution in [3.63, 3.8) is 0 Å². The Balaban J connectivity index is 2.27. The van der Waals surface area contributed by atoms with E-state index in [1.807, 2.05) is 6.92 Å². The minimum absolute atomic E-state index is 0.105. The summed E-state index contributed by atoms with van der Waals surface area (Å²) in [6.07, 6.45) is 2.08. The van der Waals surface area contributed by atoms with Gasteiger partial charge in [-0.15, -0.1) is 0 Å². The minimum atomic E-state index is -3.29. The fourth-order valence-electron chi connectivity index (χ4n) is 2.50.